The second kappa shape index (κ2) is 6.37. The van der Waals surface area contributed by atoms with Crippen molar-refractivity contribution in [2.45, 2.75) is 38.9 Å². The van der Waals surface area contributed by atoms with E-state index < -0.39 is 0 Å². The van der Waals surface area contributed by atoms with E-state index in [4.69, 9.17) is 4.98 Å². The fourth-order valence-corrected chi connectivity index (χ4v) is 3.07. The van der Waals surface area contributed by atoms with E-state index in [9.17, 15) is 0 Å². The molecule has 1 aromatic carbocycles. The van der Waals surface area contributed by atoms with Crippen LogP contribution in [0.5, 0.6) is 0 Å². The zero-order chi connectivity index (χ0) is 13.8. The highest BCUT2D eigenvalue weighted by Gasteiger charge is 2.20. The summed E-state index contributed by atoms with van der Waals surface area (Å²) in [7, 11) is 0. The number of anilines is 1. The Labute approximate surface area is 124 Å². The van der Waals surface area contributed by atoms with Crippen molar-refractivity contribution >= 4 is 16.5 Å². The number of nitrogens with zero attached hydrogens (tertiary/aromatic N) is 2. The highest BCUT2D eigenvalue weighted by molar-refractivity contribution is 7.13. The molecule has 3 nitrogen and oxygen atoms in total. The number of hydrogen-bond acceptors (Lipinski definition) is 4. The van der Waals surface area contributed by atoms with Crippen molar-refractivity contribution in [1.29, 1.82) is 0 Å². The van der Waals surface area contributed by atoms with Crippen molar-refractivity contribution in [2.24, 2.45) is 0 Å². The molecule has 3 rings (SSSR count). The van der Waals surface area contributed by atoms with Crippen LogP contribution in [0.4, 0.5) is 5.13 Å². The summed E-state index contributed by atoms with van der Waals surface area (Å²) in [6.07, 6.45) is 2.65. The first-order valence-electron chi connectivity index (χ1n) is 7.32. The van der Waals surface area contributed by atoms with Gasteiger partial charge >= 0.3 is 0 Å². The molecule has 1 saturated carbocycles. The van der Waals surface area contributed by atoms with Gasteiger partial charge in [-0.25, -0.2) is 4.98 Å². The van der Waals surface area contributed by atoms with Crippen molar-refractivity contribution in [2.75, 3.05) is 11.4 Å². The van der Waals surface area contributed by atoms with E-state index in [0.717, 1.165) is 30.8 Å². The Morgan fingerprint density at radius 1 is 1.30 bits per heavy atom. The molecule has 1 aliphatic rings. The lowest BCUT2D eigenvalue weighted by Gasteiger charge is -2.19. The van der Waals surface area contributed by atoms with Gasteiger partial charge in [0.15, 0.2) is 5.13 Å². The van der Waals surface area contributed by atoms with Crippen molar-refractivity contribution in [1.82, 2.24) is 10.3 Å². The summed E-state index contributed by atoms with van der Waals surface area (Å²) in [5.74, 6) is 0. The number of rotatable bonds is 7. The van der Waals surface area contributed by atoms with Gasteiger partial charge in [-0.2, -0.15) is 0 Å². The Balaban J connectivity index is 1.62. The Kier molecular flexibility index (Phi) is 4.33. The summed E-state index contributed by atoms with van der Waals surface area (Å²) in [4.78, 5) is 7.09. The molecule has 0 unspecified atom stereocenters. The van der Waals surface area contributed by atoms with Gasteiger partial charge in [0.05, 0.1) is 5.69 Å². The maximum absolute atomic E-state index is 4.76. The SMILES string of the molecule is CCN(Cc1ccccc1)c1nc(CNC2CC2)cs1. The molecule has 2 aromatic rings. The molecule has 0 bridgehead atoms. The second-order valence-electron chi connectivity index (χ2n) is 5.28. The van der Waals surface area contributed by atoms with Gasteiger partial charge in [0.2, 0.25) is 0 Å². The number of benzene rings is 1. The van der Waals surface area contributed by atoms with Gasteiger partial charge in [0.25, 0.3) is 0 Å². The lowest BCUT2D eigenvalue weighted by molar-refractivity contribution is 0.676. The smallest absolute Gasteiger partial charge is 0.185 e. The molecular formula is C16H21N3S. The van der Waals surface area contributed by atoms with Crippen LogP contribution >= 0.6 is 11.3 Å². The van der Waals surface area contributed by atoms with Crippen LogP contribution in [-0.2, 0) is 13.1 Å². The molecule has 20 heavy (non-hydrogen) atoms. The molecule has 0 spiro atoms. The van der Waals surface area contributed by atoms with Crippen LogP contribution in [0.2, 0.25) is 0 Å². The minimum atomic E-state index is 0.742. The molecule has 4 heteroatoms. The second-order valence-corrected chi connectivity index (χ2v) is 6.11. The van der Waals surface area contributed by atoms with Gasteiger partial charge in [-0.3, -0.25) is 0 Å². The molecule has 1 fully saturated rings. The Hall–Kier alpha value is -1.39. The lowest BCUT2D eigenvalue weighted by Crippen LogP contribution is -2.22. The summed E-state index contributed by atoms with van der Waals surface area (Å²) in [5.41, 5.74) is 2.51. The van der Waals surface area contributed by atoms with E-state index >= 15 is 0 Å². The minimum absolute atomic E-state index is 0.742. The van der Waals surface area contributed by atoms with E-state index in [0.29, 0.717) is 0 Å². The highest BCUT2D eigenvalue weighted by atomic mass is 32.1. The number of hydrogen-bond donors (Lipinski definition) is 1. The summed E-state index contributed by atoms with van der Waals surface area (Å²) in [6, 6.07) is 11.3. The van der Waals surface area contributed by atoms with Crippen LogP contribution in [0.3, 0.4) is 0 Å². The molecule has 0 atom stereocenters. The Morgan fingerprint density at radius 2 is 2.10 bits per heavy atom. The van der Waals surface area contributed by atoms with E-state index in [-0.39, 0.29) is 0 Å². The molecule has 106 valence electrons. The summed E-state index contributed by atoms with van der Waals surface area (Å²) < 4.78 is 0. The first-order valence-corrected chi connectivity index (χ1v) is 8.20. The first kappa shape index (κ1) is 13.6. The highest BCUT2D eigenvalue weighted by Crippen LogP contribution is 2.24. The van der Waals surface area contributed by atoms with Gasteiger partial charge in [-0.1, -0.05) is 30.3 Å². The van der Waals surface area contributed by atoms with Gasteiger partial charge in [-0.15, -0.1) is 11.3 Å². The van der Waals surface area contributed by atoms with Gasteiger partial charge in [-0.05, 0) is 25.3 Å². The first-order chi connectivity index (χ1) is 9.85. The Morgan fingerprint density at radius 3 is 2.80 bits per heavy atom. The summed E-state index contributed by atoms with van der Waals surface area (Å²) >= 11 is 1.75. The lowest BCUT2D eigenvalue weighted by atomic mass is 10.2. The molecule has 0 aliphatic heterocycles. The average molecular weight is 287 g/mol. The van der Waals surface area contributed by atoms with Crippen molar-refractivity contribution in [3.8, 4) is 0 Å². The van der Waals surface area contributed by atoms with Crippen molar-refractivity contribution in [3.63, 3.8) is 0 Å². The predicted molar refractivity (Wildman–Crippen MR) is 85.1 cm³/mol. The van der Waals surface area contributed by atoms with Gasteiger partial charge < -0.3 is 10.2 Å². The fourth-order valence-electron chi connectivity index (χ4n) is 2.18. The van der Waals surface area contributed by atoms with Gasteiger partial charge in [0.1, 0.15) is 0 Å². The quantitative estimate of drug-likeness (QED) is 0.845. The maximum Gasteiger partial charge on any atom is 0.185 e. The number of thiazole rings is 1. The molecule has 1 aliphatic carbocycles. The zero-order valence-electron chi connectivity index (χ0n) is 11.9. The van der Waals surface area contributed by atoms with Crippen LogP contribution in [0, 0.1) is 0 Å². The van der Waals surface area contributed by atoms with Crippen molar-refractivity contribution in [3.05, 3.63) is 47.0 Å². The topological polar surface area (TPSA) is 28.2 Å². The van der Waals surface area contributed by atoms with E-state index in [1.54, 1.807) is 11.3 Å². The largest absolute Gasteiger partial charge is 0.344 e. The molecular weight excluding hydrogens is 266 g/mol. The summed E-state index contributed by atoms with van der Waals surface area (Å²) in [6.45, 7) is 5.01. The van der Waals surface area contributed by atoms with Crippen molar-refractivity contribution < 1.29 is 0 Å². The fraction of sp³-hybridized carbons (Fsp3) is 0.438. The van der Waals surface area contributed by atoms with E-state index in [2.05, 4.69) is 52.9 Å². The zero-order valence-corrected chi connectivity index (χ0v) is 12.7. The van der Waals surface area contributed by atoms with Gasteiger partial charge in [0, 0.05) is 31.1 Å². The van der Waals surface area contributed by atoms with Crippen LogP contribution in [0.1, 0.15) is 31.0 Å². The molecule has 1 heterocycles. The normalized spacial score (nSPS) is 14.4. The molecule has 0 amide bonds. The van der Waals surface area contributed by atoms with Crippen LogP contribution < -0.4 is 10.2 Å². The van der Waals surface area contributed by atoms with Crippen LogP contribution in [-0.4, -0.2) is 17.6 Å². The van der Waals surface area contributed by atoms with E-state index in [1.165, 1.54) is 24.1 Å². The number of nitrogens with one attached hydrogen (secondary N) is 1. The Bertz CT molecular complexity index is 534. The molecule has 0 radical (unpaired) electrons. The van der Waals surface area contributed by atoms with E-state index in [1.807, 2.05) is 0 Å². The van der Waals surface area contributed by atoms with Crippen LogP contribution in [0.25, 0.3) is 0 Å². The number of aromatic nitrogens is 1. The maximum atomic E-state index is 4.76. The molecule has 1 N–H and O–H groups in total. The molecule has 0 saturated heterocycles. The third kappa shape index (κ3) is 3.58. The third-order valence-electron chi connectivity index (χ3n) is 3.56. The van der Waals surface area contributed by atoms with Crippen LogP contribution in [0.15, 0.2) is 35.7 Å². The monoisotopic (exact) mass is 287 g/mol. The third-order valence-corrected chi connectivity index (χ3v) is 4.51. The minimum Gasteiger partial charge on any atom is -0.344 e. The average Bonchev–Trinajstić information content (AvgIpc) is 3.21. The standard InChI is InChI=1S/C16H21N3S/c1-2-19(11-13-6-4-3-5-7-13)16-18-15(12-20-16)10-17-14-8-9-14/h3-7,12,14,17H,2,8-11H2,1H3. The molecule has 1 aromatic heterocycles. The summed E-state index contributed by atoms with van der Waals surface area (Å²) in [5, 5.41) is 6.83. The predicted octanol–water partition coefficient (Wildman–Crippen LogP) is 3.42.